The molecule has 0 unspecified atom stereocenters. The van der Waals surface area contributed by atoms with Crippen molar-refractivity contribution >= 4 is 12.0 Å². The molecular formula is C10H13N3. The summed E-state index contributed by atoms with van der Waals surface area (Å²) in [6.07, 6.45) is 1.88. The number of hydrazone groups is 1. The molecule has 0 radical (unpaired) electrons. The minimum absolute atomic E-state index is 0.862. The van der Waals surface area contributed by atoms with Gasteiger partial charge in [0.1, 0.15) is 13.0 Å². The number of para-hydroxylation sites is 1. The molecule has 0 spiro atoms. The second-order valence-electron chi connectivity index (χ2n) is 3.01. The standard InChI is InChI=1S/C10H13N3/c1-2-12-8-11-13(9-12)10-6-4-3-5-7-10/h3-8H,2,9H2,1H3. The van der Waals surface area contributed by atoms with E-state index in [4.69, 9.17) is 0 Å². The van der Waals surface area contributed by atoms with Gasteiger partial charge in [-0.3, -0.25) is 0 Å². The Morgan fingerprint density at radius 3 is 2.69 bits per heavy atom. The van der Waals surface area contributed by atoms with Crippen LogP contribution in [0.3, 0.4) is 0 Å². The van der Waals surface area contributed by atoms with E-state index in [-0.39, 0.29) is 0 Å². The Labute approximate surface area is 78.3 Å². The smallest absolute Gasteiger partial charge is 0.113 e. The Morgan fingerprint density at radius 2 is 2.08 bits per heavy atom. The summed E-state index contributed by atoms with van der Waals surface area (Å²) in [4.78, 5) is 2.16. The summed E-state index contributed by atoms with van der Waals surface area (Å²) in [7, 11) is 0. The zero-order valence-corrected chi connectivity index (χ0v) is 7.72. The molecule has 2 rings (SSSR count). The van der Waals surface area contributed by atoms with Gasteiger partial charge in [-0.15, -0.1) is 0 Å². The van der Waals surface area contributed by atoms with Gasteiger partial charge in [-0.2, -0.15) is 5.10 Å². The van der Waals surface area contributed by atoms with Gasteiger partial charge in [-0.05, 0) is 19.1 Å². The molecule has 68 valence electrons. The molecule has 0 saturated heterocycles. The third-order valence-corrected chi connectivity index (χ3v) is 2.13. The first-order valence-electron chi connectivity index (χ1n) is 4.51. The van der Waals surface area contributed by atoms with Gasteiger partial charge in [0, 0.05) is 6.54 Å². The van der Waals surface area contributed by atoms with Crippen LogP contribution in [0.2, 0.25) is 0 Å². The van der Waals surface area contributed by atoms with E-state index in [1.165, 1.54) is 0 Å². The zero-order chi connectivity index (χ0) is 9.10. The molecule has 0 amide bonds. The molecule has 0 N–H and O–H groups in total. The molecule has 1 aliphatic rings. The Balaban J connectivity index is 2.09. The maximum absolute atomic E-state index is 4.29. The lowest BCUT2D eigenvalue weighted by atomic mass is 10.3. The highest BCUT2D eigenvalue weighted by atomic mass is 15.6. The largest absolute Gasteiger partial charge is 0.342 e. The molecule has 0 atom stereocenters. The van der Waals surface area contributed by atoms with Crippen LogP contribution in [0.4, 0.5) is 5.69 Å². The Hall–Kier alpha value is -1.51. The highest BCUT2D eigenvalue weighted by molar-refractivity contribution is 5.62. The maximum Gasteiger partial charge on any atom is 0.113 e. The van der Waals surface area contributed by atoms with Crippen LogP contribution < -0.4 is 5.01 Å². The first-order valence-corrected chi connectivity index (χ1v) is 4.51. The monoisotopic (exact) mass is 175 g/mol. The third-order valence-electron chi connectivity index (χ3n) is 2.13. The second kappa shape index (κ2) is 3.47. The lowest BCUT2D eigenvalue weighted by Crippen LogP contribution is -2.25. The molecule has 1 heterocycles. The zero-order valence-electron chi connectivity index (χ0n) is 7.72. The van der Waals surface area contributed by atoms with Crippen LogP contribution >= 0.6 is 0 Å². The molecule has 0 aromatic heterocycles. The summed E-state index contributed by atoms with van der Waals surface area (Å²) in [6, 6.07) is 10.2. The predicted octanol–water partition coefficient (Wildman–Crippen LogP) is 1.73. The van der Waals surface area contributed by atoms with Crippen molar-refractivity contribution in [2.75, 3.05) is 18.2 Å². The Kier molecular flexibility index (Phi) is 2.17. The molecule has 1 aromatic carbocycles. The van der Waals surface area contributed by atoms with Crippen molar-refractivity contribution in [3.8, 4) is 0 Å². The van der Waals surface area contributed by atoms with Gasteiger partial charge in [0.05, 0.1) is 5.69 Å². The van der Waals surface area contributed by atoms with Crippen molar-refractivity contribution in [1.29, 1.82) is 0 Å². The van der Waals surface area contributed by atoms with Crippen molar-refractivity contribution in [2.24, 2.45) is 5.10 Å². The van der Waals surface area contributed by atoms with E-state index in [1.807, 2.05) is 29.5 Å². The second-order valence-corrected chi connectivity index (χ2v) is 3.01. The number of nitrogens with zero attached hydrogens (tertiary/aromatic N) is 3. The summed E-state index contributed by atoms with van der Waals surface area (Å²) in [5, 5.41) is 6.28. The van der Waals surface area contributed by atoms with E-state index in [1.54, 1.807) is 0 Å². The van der Waals surface area contributed by atoms with Crippen molar-refractivity contribution in [3.63, 3.8) is 0 Å². The first kappa shape index (κ1) is 8.10. The van der Waals surface area contributed by atoms with Crippen LogP contribution in [0, 0.1) is 0 Å². The summed E-state index contributed by atoms with van der Waals surface area (Å²) in [5.74, 6) is 0. The van der Waals surface area contributed by atoms with E-state index in [0.717, 1.165) is 18.9 Å². The summed E-state index contributed by atoms with van der Waals surface area (Å²) in [5.41, 5.74) is 1.15. The van der Waals surface area contributed by atoms with E-state index in [9.17, 15) is 0 Å². The minimum Gasteiger partial charge on any atom is -0.342 e. The van der Waals surface area contributed by atoms with Crippen LogP contribution in [-0.2, 0) is 0 Å². The third kappa shape index (κ3) is 1.64. The topological polar surface area (TPSA) is 18.8 Å². The molecule has 1 aromatic rings. The lowest BCUT2D eigenvalue weighted by molar-refractivity contribution is 0.481. The van der Waals surface area contributed by atoms with Crippen molar-refractivity contribution in [3.05, 3.63) is 30.3 Å². The van der Waals surface area contributed by atoms with Crippen LogP contribution in [-0.4, -0.2) is 24.5 Å². The molecule has 0 aliphatic carbocycles. The molecule has 13 heavy (non-hydrogen) atoms. The highest BCUT2D eigenvalue weighted by Gasteiger charge is 2.12. The fourth-order valence-electron chi connectivity index (χ4n) is 1.31. The van der Waals surface area contributed by atoms with Crippen molar-refractivity contribution in [1.82, 2.24) is 4.90 Å². The average Bonchev–Trinajstić information content (AvgIpc) is 2.67. The fourth-order valence-corrected chi connectivity index (χ4v) is 1.31. The quantitative estimate of drug-likeness (QED) is 0.681. The van der Waals surface area contributed by atoms with E-state index in [0.29, 0.717) is 0 Å². The fraction of sp³-hybridized carbons (Fsp3) is 0.300. The Bertz CT molecular complexity index is 294. The SMILES string of the molecule is CCN1C=NN(c2ccccc2)C1. The molecule has 0 saturated carbocycles. The number of benzene rings is 1. The molecular weight excluding hydrogens is 162 g/mol. The van der Waals surface area contributed by atoms with E-state index >= 15 is 0 Å². The van der Waals surface area contributed by atoms with Gasteiger partial charge in [0.25, 0.3) is 0 Å². The van der Waals surface area contributed by atoms with E-state index < -0.39 is 0 Å². The summed E-state index contributed by atoms with van der Waals surface area (Å²) in [6.45, 7) is 3.99. The van der Waals surface area contributed by atoms with Gasteiger partial charge < -0.3 is 4.90 Å². The molecule has 0 bridgehead atoms. The number of rotatable bonds is 2. The highest BCUT2D eigenvalue weighted by Crippen LogP contribution is 2.16. The van der Waals surface area contributed by atoms with Crippen LogP contribution in [0.15, 0.2) is 35.4 Å². The lowest BCUT2D eigenvalue weighted by Gasteiger charge is -2.17. The predicted molar refractivity (Wildman–Crippen MR) is 54.7 cm³/mol. The number of hydrogen-bond donors (Lipinski definition) is 0. The molecule has 0 fully saturated rings. The van der Waals surface area contributed by atoms with Crippen LogP contribution in [0.5, 0.6) is 0 Å². The van der Waals surface area contributed by atoms with Crippen LogP contribution in [0.25, 0.3) is 0 Å². The van der Waals surface area contributed by atoms with Gasteiger partial charge in [-0.1, -0.05) is 18.2 Å². The molecule has 3 heteroatoms. The van der Waals surface area contributed by atoms with Crippen molar-refractivity contribution in [2.45, 2.75) is 6.92 Å². The first-order chi connectivity index (χ1) is 6.40. The van der Waals surface area contributed by atoms with Crippen molar-refractivity contribution < 1.29 is 0 Å². The van der Waals surface area contributed by atoms with Gasteiger partial charge in [0.2, 0.25) is 0 Å². The molecule has 1 aliphatic heterocycles. The van der Waals surface area contributed by atoms with Gasteiger partial charge in [0.15, 0.2) is 0 Å². The molecule has 3 nitrogen and oxygen atoms in total. The van der Waals surface area contributed by atoms with E-state index in [2.05, 4.69) is 29.1 Å². The van der Waals surface area contributed by atoms with Gasteiger partial charge >= 0.3 is 0 Å². The summed E-state index contributed by atoms with van der Waals surface area (Å²) >= 11 is 0. The van der Waals surface area contributed by atoms with Gasteiger partial charge in [-0.25, -0.2) is 5.01 Å². The maximum atomic E-state index is 4.29. The average molecular weight is 175 g/mol. The number of anilines is 1. The Morgan fingerprint density at radius 1 is 1.31 bits per heavy atom. The number of hydrogen-bond acceptors (Lipinski definition) is 3. The normalized spacial score (nSPS) is 15.5. The van der Waals surface area contributed by atoms with Crippen LogP contribution in [0.1, 0.15) is 6.92 Å². The minimum atomic E-state index is 0.862. The summed E-state index contributed by atoms with van der Waals surface area (Å²) < 4.78 is 0.